The van der Waals surface area contributed by atoms with Crippen molar-refractivity contribution in [3.63, 3.8) is 0 Å². The Kier molecular flexibility index (Phi) is 63.1. The lowest BCUT2D eigenvalue weighted by Crippen LogP contribution is -2.53. The predicted octanol–water partition coefficient (Wildman–Crippen LogP) is 21.1. The number of carbonyl (C=O) groups excluding carboxylic acids is 1. The fourth-order valence-electron chi connectivity index (χ4n) is 11.0. The molecule has 0 aromatic heterocycles. The zero-order valence-electron chi connectivity index (χ0n) is 51.3. The second-order valence-corrected chi connectivity index (χ2v) is 23.9. The maximum atomic E-state index is 12.6. The molecule has 0 aromatic rings. The first-order chi connectivity index (χ1) is 37.5. The van der Waals surface area contributed by atoms with Gasteiger partial charge in [0, 0.05) is 0 Å². The molecular formula is C70H135NO5. The summed E-state index contributed by atoms with van der Waals surface area (Å²) in [6.07, 6.45) is 82.7. The Balaban J connectivity index is 3.60. The summed E-state index contributed by atoms with van der Waals surface area (Å²) in [5, 5.41) is 44.2. The van der Waals surface area contributed by atoms with Crippen molar-refractivity contribution in [2.24, 2.45) is 0 Å². The number of carbonyl (C=O) groups is 1. The van der Waals surface area contributed by atoms with Crippen molar-refractivity contribution in [1.82, 2.24) is 5.32 Å². The minimum absolute atomic E-state index is 0.361. The fraction of sp³-hybridized carbons (Fsp3) is 0.900. The van der Waals surface area contributed by atoms with Crippen molar-refractivity contribution in [1.29, 1.82) is 0 Å². The number of hydrogen-bond acceptors (Lipinski definition) is 5. The first-order valence-corrected chi connectivity index (χ1v) is 34.4. The van der Waals surface area contributed by atoms with Gasteiger partial charge in [-0.3, -0.25) is 4.79 Å². The van der Waals surface area contributed by atoms with Gasteiger partial charge in [0.05, 0.1) is 18.8 Å². The van der Waals surface area contributed by atoms with Crippen LogP contribution in [0.15, 0.2) is 36.5 Å². The predicted molar refractivity (Wildman–Crippen MR) is 334 cm³/mol. The zero-order valence-corrected chi connectivity index (χ0v) is 51.3. The van der Waals surface area contributed by atoms with Crippen molar-refractivity contribution in [3.05, 3.63) is 36.5 Å². The van der Waals surface area contributed by atoms with Gasteiger partial charge in [0.25, 0.3) is 0 Å². The van der Waals surface area contributed by atoms with Crippen LogP contribution in [0.5, 0.6) is 0 Å². The van der Waals surface area contributed by atoms with E-state index in [1.165, 1.54) is 302 Å². The molecule has 0 aliphatic carbocycles. The van der Waals surface area contributed by atoms with E-state index >= 15 is 0 Å². The van der Waals surface area contributed by atoms with Gasteiger partial charge in [0.1, 0.15) is 12.2 Å². The third-order valence-corrected chi connectivity index (χ3v) is 16.3. The van der Waals surface area contributed by atoms with Crippen molar-refractivity contribution in [2.45, 2.75) is 398 Å². The van der Waals surface area contributed by atoms with Crippen LogP contribution >= 0.6 is 0 Å². The molecule has 0 radical (unpaired) electrons. The number of aliphatic hydroxyl groups is 4. The lowest BCUT2D eigenvalue weighted by atomic mass is 10.00. The molecular weight excluding hydrogens is 935 g/mol. The highest BCUT2D eigenvalue weighted by Crippen LogP contribution is 2.19. The van der Waals surface area contributed by atoms with Gasteiger partial charge in [-0.05, 0) is 77.0 Å². The van der Waals surface area contributed by atoms with Crippen LogP contribution in [0.25, 0.3) is 0 Å². The molecule has 0 bridgehead atoms. The molecule has 4 unspecified atom stereocenters. The first kappa shape index (κ1) is 74.5. The summed E-state index contributed by atoms with van der Waals surface area (Å²) in [6, 6.07) is -1.01. The average molecular weight is 1070 g/mol. The van der Waals surface area contributed by atoms with Crippen LogP contribution in [0.3, 0.4) is 0 Å². The molecule has 0 saturated carbocycles. The average Bonchev–Trinajstić information content (AvgIpc) is 3.42. The highest BCUT2D eigenvalue weighted by molar-refractivity contribution is 5.80. The molecule has 6 heteroatoms. The highest BCUT2D eigenvalue weighted by Gasteiger charge is 2.28. The topological polar surface area (TPSA) is 110 Å². The third-order valence-electron chi connectivity index (χ3n) is 16.3. The summed E-state index contributed by atoms with van der Waals surface area (Å²) in [5.41, 5.74) is 0. The number of aliphatic hydroxyl groups excluding tert-OH is 4. The van der Waals surface area contributed by atoms with Gasteiger partial charge >= 0.3 is 0 Å². The van der Waals surface area contributed by atoms with Gasteiger partial charge in [0.15, 0.2) is 0 Å². The highest BCUT2D eigenvalue weighted by atomic mass is 16.3. The maximum absolute atomic E-state index is 12.6. The summed E-state index contributed by atoms with van der Waals surface area (Å²) in [6.45, 7) is 4.09. The van der Waals surface area contributed by atoms with Crippen molar-refractivity contribution < 1.29 is 25.2 Å². The van der Waals surface area contributed by atoms with Crippen LogP contribution in [0.1, 0.15) is 373 Å². The van der Waals surface area contributed by atoms with Gasteiger partial charge in [-0.25, -0.2) is 0 Å². The van der Waals surface area contributed by atoms with E-state index in [4.69, 9.17) is 0 Å². The molecule has 4 atom stereocenters. The van der Waals surface area contributed by atoms with Crippen molar-refractivity contribution in [3.8, 4) is 0 Å². The normalized spacial score (nSPS) is 13.7. The zero-order chi connectivity index (χ0) is 55.1. The van der Waals surface area contributed by atoms with Gasteiger partial charge in [0.2, 0.25) is 5.91 Å². The smallest absolute Gasteiger partial charge is 0.249 e. The van der Waals surface area contributed by atoms with Crippen LogP contribution in [0.4, 0.5) is 0 Å². The molecule has 1 amide bonds. The Hall–Kier alpha value is -1.47. The van der Waals surface area contributed by atoms with Gasteiger partial charge < -0.3 is 25.7 Å². The number of unbranched alkanes of at least 4 members (excludes halogenated alkanes) is 49. The molecule has 0 saturated heterocycles. The van der Waals surface area contributed by atoms with Gasteiger partial charge in [-0.1, -0.05) is 333 Å². The van der Waals surface area contributed by atoms with Crippen molar-refractivity contribution >= 4 is 5.91 Å². The summed E-state index contributed by atoms with van der Waals surface area (Å²) in [5.74, 6) is -0.593. The Bertz CT molecular complexity index is 1200. The summed E-state index contributed by atoms with van der Waals surface area (Å²) in [7, 11) is 0. The van der Waals surface area contributed by atoms with E-state index in [-0.39, 0.29) is 0 Å². The molecule has 0 rings (SSSR count). The SMILES string of the molecule is CCCCCCCCCCCCCC/C=C\CCCCCCCCCCCCCCC(O)C(=O)NC(CO)C(O)C(O)CCC/C=C/CC/C=C/CCCCCCCCCCCCCCCCCCCCCCCCC. The van der Waals surface area contributed by atoms with Crippen LogP contribution < -0.4 is 5.32 Å². The van der Waals surface area contributed by atoms with Crippen LogP contribution in [-0.2, 0) is 4.79 Å². The number of allylic oxidation sites excluding steroid dienone is 6. The van der Waals surface area contributed by atoms with Gasteiger partial charge in [-0.2, -0.15) is 0 Å². The lowest BCUT2D eigenvalue weighted by Gasteiger charge is -2.27. The quantitative estimate of drug-likeness (QED) is 0.0308. The number of amides is 1. The van der Waals surface area contributed by atoms with Crippen LogP contribution in [-0.4, -0.2) is 57.3 Å². The van der Waals surface area contributed by atoms with E-state index in [0.29, 0.717) is 19.3 Å². The van der Waals surface area contributed by atoms with E-state index in [9.17, 15) is 25.2 Å². The minimum atomic E-state index is -1.29. The van der Waals surface area contributed by atoms with Crippen LogP contribution in [0.2, 0.25) is 0 Å². The molecule has 6 nitrogen and oxygen atoms in total. The minimum Gasteiger partial charge on any atom is -0.394 e. The molecule has 0 spiro atoms. The Morgan fingerprint density at radius 1 is 0.316 bits per heavy atom. The molecule has 450 valence electrons. The monoisotopic (exact) mass is 1070 g/mol. The first-order valence-electron chi connectivity index (χ1n) is 34.4. The Labute approximate surface area is 475 Å². The van der Waals surface area contributed by atoms with Gasteiger partial charge in [-0.15, -0.1) is 0 Å². The second kappa shape index (κ2) is 64.4. The van der Waals surface area contributed by atoms with E-state index in [2.05, 4.69) is 55.6 Å². The molecule has 0 aliphatic rings. The van der Waals surface area contributed by atoms with E-state index in [0.717, 1.165) is 38.5 Å². The van der Waals surface area contributed by atoms with E-state index < -0.39 is 36.9 Å². The number of nitrogens with one attached hydrogen (secondary N) is 1. The molecule has 0 heterocycles. The largest absolute Gasteiger partial charge is 0.394 e. The van der Waals surface area contributed by atoms with E-state index in [1.54, 1.807) is 0 Å². The Morgan fingerprint density at radius 2 is 0.553 bits per heavy atom. The lowest BCUT2D eigenvalue weighted by molar-refractivity contribution is -0.132. The summed E-state index contributed by atoms with van der Waals surface area (Å²) >= 11 is 0. The maximum Gasteiger partial charge on any atom is 0.249 e. The summed E-state index contributed by atoms with van der Waals surface area (Å²) < 4.78 is 0. The summed E-state index contributed by atoms with van der Waals surface area (Å²) in [4.78, 5) is 12.6. The third kappa shape index (κ3) is 57.2. The van der Waals surface area contributed by atoms with Crippen LogP contribution in [0, 0.1) is 0 Å². The van der Waals surface area contributed by atoms with E-state index in [1.807, 2.05) is 0 Å². The molecule has 0 fully saturated rings. The molecule has 0 aromatic carbocycles. The number of hydrogen-bond donors (Lipinski definition) is 5. The molecule has 0 aliphatic heterocycles. The molecule has 5 N–H and O–H groups in total. The standard InChI is InChI=1S/C70H135NO5/c1-3-5-7-9-11-13-15-17-19-21-23-25-27-29-31-33-34-35-36-38-39-41-43-45-47-49-51-53-55-57-59-61-63-67(73)69(75)66(65-72)71-70(76)68(74)64-62-60-58-56-54-52-50-48-46-44-42-40-37-32-30-28-26-24-22-20-18-16-14-12-10-8-6-4-2/h30,32,47,49,55,57,66-69,72-75H,3-29,31,33-46,48,50-54,56,58-65H2,1-2H3,(H,71,76)/b32-30-,49-47+,57-55+. The van der Waals surface area contributed by atoms with Crippen molar-refractivity contribution in [2.75, 3.05) is 6.61 Å². The fourth-order valence-corrected chi connectivity index (χ4v) is 11.0. The second-order valence-electron chi connectivity index (χ2n) is 23.9. The molecule has 76 heavy (non-hydrogen) atoms. The Morgan fingerprint density at radius 3 is 0.829 bits per heavy atom. The number of rotatable bonds is 64.